The van der Waals surface area contributed by atoms with Crippen LogP contribution in [0.25, 0.3) is 0 Å². The van der Waals surface area contributed by atoms with Crippen LogP contribution in [-0.4, -0.2) is 48.1 Å². The first-order chi connectivity index (χ1) is 9.26. The van der Waals surface area contributed by atoms with Crippen LogP contribution in [0.15, 0.2) is 0 Å². The molecule has 3 unspecified atom stereocenters. The average molecular weight is 265 g/mol. The van der Waals surface area contributed by atoms with Crippen molar-refractivity contribution in [3.05, 3.63) is 0 Å². The first kappa shape index (κ1) is 13.4. The van der Waals surface area contributed by atoms with Gasteiger partial charge in [0, 0.05) is 18.1 Å². The molecule has 0 saturated carbocycles. The minimum absolute atomic E-state index is 0.146. The fourth-order valence-electron chi connectivity index (χ4n) is 4.15. The van der Waals surface area contributed by atoms with E-state index in [2.05, 4.69) is 22.5 Å². The Morgan fingerprint density at radius 2 is 2.00 bits per heavy atom. The summed E-state index contributed by atoms with van der Waals surface area (Å²) in [6, 6.07) is 1.86. The number of rotatable bonds is 4. The maximum Gasteiger partial charge on any atom is 0.237 e. The van der Waals surface area contributed by atoms with E-state index in [9.17, 15) is 4.79 Å². The van der Waals surface area contributed by atoms with Crippen molar-refractivity contribution in [2.45, 2.75) is 76.0 Å². The summed E-state index contributed by atoms with van der Waals surface area (Å²) >= 11 is 0. The molecule has 3 fully saturated rings. The minimum atomic E-state index is 0.146. The van der Waals surface area contributed by atoms with Gasteiger partial charge in [0.25, 0.3) is 0 Å². The van der Waals surface area contributed by atoms with Crippen molar-refractivity contribution in [2.24, 2.45) is 0 Å². The second kappa shape index (κ2) is 5.80. The second-order valence-electron chi connectivity index (χ2n) is 6.51. The molecular weight excluding hydrogens is 238 g/mol. The number of piperidine rings is 1. The summed E-state index contributed by atoms with van der Waals surface area (Å²) in [7, 11) is 0. The van der Waals surface area contributed by atoms with Crippen molar-refractivity contribution < 1.29 is 4.79 Å². The molecule has 3 rings (SSSR count). The highest BCUT2D eigenvalue weighted by atomic mass is 16.2. The predicted molar refractivity (Wildman–Crippen MR) is 76.0 cm³/mol. The second-order valence-corrected chi connectivity index (χ2v) is 6.51. The first-order valence-corrected chi connectivity index (χ1v) is 8.06. The van der Waals surface area contributed by atoms with Gasteiger partial charge < -0.3 is 10.6 Å². The summed E-state index contributed by atoms with van der Waals surface area (Å²) in [4.78, 5) is 14.8. The molecule has 3 aliphatic rings. The van der Waals surface area contributed by atoms with Gasteiger partial charge in [0.2, 0.25) is 5.91 Å². The largest absolute Gasteiger partial charge is 0.352 e. The van der Waals surface area contributed by atoms with Gasteiger partial charge >= 0.3 is 0 Å². The van der Waals surface area contributed by atoms with Gasteiger partial charge in [0.15, 0.2) is 0 Å². The van der Waals surface area contributed by atoms with Crippen LogP contribution < -0.4 is 10.6 Å². The molecule has 0 aliphatic carbocycles. The number of nitrogens with one attached hydrogen (secondary N) is 2. The smallest absolute Gasteiger partial charge is 0.237 e. The van der Waals surface area contributed by atoms with Crippen LogP contribution >= 0.6 is 0 Å². The molecule has 2 N–H and O–H groups in total. The maximum absolute atomic E-state index is 12.5. The Kier molecular flexibility index (Phi) is 4.08. The van der Waals surface area contributed by atoms with E-state index in [1.807, 2.05) is 0 Å². The summed E-state index contributed by atoms with van der Waals surface area (Å²) < 4.78 is 0. The summed E-state index contributed by atoms with van der Waals surface area (Å²) in [6.07, 6.45) is 8.21. The number of carbonyl (C=O) groups excluding carboxylic acids is 1. The van der Waals surface area contributed by atoms with Gasteiger partial charge in [-0.3, -0.25) is 9.69 Å². The summed E-state index contributed by atoms with van der Waals surface area (Å²) in [5, 5.41) is 6.96. The zero-order valence-electron chi connectivity index (χ0n) is 12.0. The molecule has 2 bridgehead atoms. The molecule has 0 spiro atoms. The van der Waals surface area contributed by atoms with Gasteiger partial charge in [-0.05, 0) is 58.0 Å². The third kappa shape index (κ3) is 2.95. The molecule has 4 nitrogen and oxygen atoms in total. The lowest BCUT2D eigenvalue weighted by Crippen LogP contribution is -2.52. The molecular formula is C15H27N3O. The molecule has 3 saturated heterocycles. The molecule has 3 heterocycles. The van der Waals surface area contributed by atoms with Crippen molar-refractivity contribution >= 4 is 5.91 Å². The van der Waals surface area contributed by atoms with Crippen LogP contribution in [-0.2, 0) is 4.79 Å². The Balaban J connectivity index is 1.53. The minimum Gasteiger partial charge on any atom is -0.352 e. The molecule has 3 aliphatic heterocycles. The van der Waals surface area contributed by atoms with E-state index in [4.69, 9.17) is 0 Å². The summed E-state index contributed by atoms with van der Waals surface area (Å²) in [5.41, 5.74) is 0. The quantitative estimate of drug-likeness (QED) is 0.804. The van der Waals surface area contributed by atoms with Gasteiger partial charge in [0.05, 0.1) is 6.04 Å². The van der Waals surface area contributed by atoms with Gasteiger partial charge in [-0.25, -0.2) is 0 Å². The highest BCUT2D eigenvalue weighted by molar-refractivity contribution is 5.82. The third-order valence-corrected chi connectivity index (χ3v) is 5.00. The lowest BCUT2D eigenvalue weighted by atomic mass is 9.99. The van der Waals surface area contributed by atoms with Crippen molar-refractivity contribution in [3.63, 3.8) is 0 Å². The van der Waals surface area contributed by atoms with Crippen molar-refractivity contribution in [1.29, 1.82) is 0 Å². The lowest BCUT2D eigenvalue weighted by molar-refractivity contribution is -0.126. The van der Waals surface area contributed by atoms with Crippen LogP contribution in [0, 0.1) is 0 Å². The van der Waals surface area contributed by atoms with Crippen molar-refractivity contribution in [3.8, 4) is 0 Å². The van der Waals surface area contributed by atoms with Crippen LogP contribution in [0.2, 0.25) is 0 Å². The number of hydrogen-bond acceptors (Lipinski definition) is 3. The molecule has 108 valence electrons. The number of fused-ring (bicyclic) bond motifs is 2. The Labute approximate surface area is 116 Å². The number of amides is 1. The van der Waals surface area contributed by atoms with Crippen LogP contribution in [0.5, 0.6) is 0 Å². The molecule has 0 radical (unpaired) electrons. The van der Waals surface area contributed by atoms with E-state index < -0.39 is 0 Å². The normalized spacial score (nSPS) is 38.6. The zero-order chi connectivity index (χ0) is 13.2. The fraction of sp³-hybridized carbons (Fsp3) is 0.933. The highest BCUT2D eigenvalue weighted by Gasteiger charge is 2.36. The zero-order valence-corrected chi connectivity index (χ0v) is 12.0. The molecule has 19 heavy (non-hydrogen) atoms. The molecule has 3 atom stereocenters. The SMILES string of the molecule is CCCN1CCCC1C(=O)NC1CC2CCC(C1)N2. The average Bonchev–Trinajstić information content (AvgIpc) is 2.97. The predicted octanol–water partition coefficient (Wildman–Crippen LogP) is 1.26. The molecule has 0 aromatic heterocycles. The third-order valence-electron chi connectivity index (χ3n) is 5.00. The Morgan fingerprint density at radius 1 is 1.26 bits per heavy atom. The van der Waals surface area contributed by atoms with Crippen LogP contribution in [0.1, 0.15) is 51.9 Å². The Bertz CT molecular complexity index is 321. The standard InChI is InChI=1S/C15H27N3O/c1-2-7-18-8-3-4-14(18)15(19)17-13-9-11-5-6-12(10-13)16-11/h11-14,16H,2-10H2,1H3,(H,17,19). The number of likely N-dealkylation sites (tertiary alicyclic amines) is 1. The Morgan fingerprint density at radius 3 is 2.68 bits per heavy atom. The van der Waals surface area contributed by atoms with E-state index in [1.165, 1.54) is 19.3 Å². The summed E-state index contributed by atoms with van der Waals surface area (Å²) in [5.74, 6) is 0.289. The van der Waals surface area contributed by atoms with Crippen LogP contribution in [0.3, 0.4) is 0 Å². The molecule has 0 aromatic carbocycles. The summed E-state index contributed by atoms with van der Waals surface area (Å²) in [6.45, 7) is 4.36. The fourth-order valence-corrected chi connectivity index (χ4v) is 4.15. The van der Waals surface area contributed by atoms with E-state index in [0.717, 1.165) is 38.8 Å². The number of nitrogens with zero attached hydrogens (tertiary/aromatic N) is 1. The van der Waals surface area contributed by atoms with Gasteiger partial charge in [-0.15, -0.1) is 0 Å². The van der Waals surface area contributed by atoms with Gasteiger partial charge in [-0.1, -0.05) is 6.92 Å². The van der Waals surface area contributed by atoms with E-state index in [0.29, 0.717) is 18.1 Å². The molecule has 1 amide bonds. The number of hydrogen-bond donors (Lipinski definition) is 2. The highest BCUT2D eigenvalue weighted by Crippen LogP contribution is 2.27. The first-order valence-electron chi connectivity index (χ1n) is 8.06. The van der Waals surface area contributed by atoms with E-state index in [1.54, 1.807) is 0 Å². The maximum atomic E-state index is 12.5. The monoisotopic (exact) mass is 265 g/mol. The molecule has 0 aromatic rings. The number of carbonyl (C=O) groups is 1. The Hall–Kier alpha value is -0.610. The lowest BCUT2D eigenvalue weighted by Gasteiger charge is -2.32. The van der Waals surface area contributed by atoms with Crippen LogP contribution in [0.4, 0.5) is 0 Å². The van der Waals surface area contributed by atoms with Crippen molar-refractivity contribution in [1.82, 2.24) is 15.5 Å². The van der Waals surface area contributed by atoms with E-state index in [-0.39, 0.29) is 11.9 Å². The van der Waals surface area contributed by atoms with E-state index >= 15 is 0 Å². The van der Waals surface area contributed by atoms with Crippen molar-refractivity contribution in [2.75, 3.05) is 13.1 Å². The van der Waals surface area contributed by atoms with Gasteiger partial charge in [-0.2, -0.15) is 0 Å². The topological polar surface area (TPSA) is 44.4 Å². The molecule has 4 heteroatoms. The van der Waals surface area contributed by atoms with Gasteiger partial charge in [0.1, 0.15) is 0 Å².